The third-order valence-electron chi connectivity index (χ3n) is 15.6. The Hall–Kier alpha value is -7.22. The van der Waals surface area contributed by atoms with E-state index in [0.717, 1.165) is 17.1 Å². The fourth-order valence-electron chi connectivity index (χ4n) is 11.9. The van der Waals surface area contributed by atoms with E-state index in [2.05, 4.69) is 273 Å². The van der Waals surface area contributed by atoms with E-state index in [-0.39, 0.29) is 0 Å². The van der Waals surface area contributed by atoms with Crippen LogP contribution in [0.2, 0.25) is 0 Å². The van der Waals surface area contributed by atoms with Crippen LogP contribution in [0.25, 0.3) is 22.3 Å². The molecule has 0 aliphatic heterocycles. The predicted molar refractivity (Wildman–Crippen MR) is 292 cm³/mol. The molecule has 0 aromatic heterocycles. The van der Waals surface area contributed by atoms with Gasteiger partial charge in [-0.1, -0.05) is 231 Å². The summed E-state index contributed by atoms with van der Waals surface area (Å²) in [5.41, 5.74) is 23.2. The number of hydrogen-bond acceptors (Lipinski definition) is 1. The van der Waals surface area contributed by atoms with Crippen molar-refractivity contribution in [3.63, 3.8) is 0 Å². The van der Waals surface area contributed by atoms with Gasteiger partial charge in [0.1, 0.15) is 0 Å². The van der Waals surface area contributed by atoms with Crippen molar-refractivity contribution >= 4 is 17.1 Å². The zero-order chi connectivity index (χ0) is 47.6. The van der Waals surface area contributed by atoms with Crippen molar-refractivity contribution in [2.24, 2.45) is 0 Å². The van der Waals surface area contributed by atoms with Gasteiger partial charge < -0.3 is 4.90 Å². The number of nitrogens with zero attached hydrogens (tertiary/aromatic N) is 1. The first-order valence-corrected chi connectivity index (χ1v) is 25.3. The molecule has 2 aliphatic carbocycles. The van der Waals surface area contributed by atoms with Crippen LogP contribution in [-0.4, -0.2) is 0 Å². The molecule has 0 fully saturated rings. The second kappa shape index (κ2) is 17.4. The molecule has 0 unspecified atom stereocenters. The molecule has 0 amide bonds. The molecule has 9 aromatic rings. The molecule has 9 aromatic carbocycles. The van der Waals surface area contributed by atoms with Crippen molar-refractivity contribution < 1.29 is 0 Å². The van der Waals surface area contributed by atoms with Gasteiger partial charge in [-0.15, -0.1) is 0 Å². The van der Waals surface area contributed by atoms with E-state index in [4.69, 9.17) is 0 Å². The van der Waals surface area contributed by atoms with Crippen molar-refractivity contribution in [2.45, 2.75) is 89.9 Å². The van der Waals surface area contributed by atoms with Gasteiger partial charge >= 0.3 is 0 Å². The quantitative estimate of drug-likeness (QED) is 0.125. The summed E-state index contributed by atoms with van der Waals surface area (Å²) in [6, 6.07) is 81.8. The summed E-state index contributed by atoms with van der Waals surface area (Å²) in [5.74, 6) is 1.75. The summed E-state index contributed by atoms with van der Waals surface area (Å²) < 4.78 is 0. The van der Waals surface area contributed by atoms with Crippen LogP contribution in [0.4, 0.5) is 17.1 Å². The van der Waals surface area contributed by atoms with Gasteiger partial charge in [0, 0.05) is 17.1 Å². The number of hydrogen-bond donors (Lipinski definition) is 0. The molecule has 0 heterocycles. The van der Waals surface area contributed by atoms with Crippen LogP contribution in [0.5, 0.6) is 0 Å². The number of rotatable bonds is 11. The fourth-order valence-corrected chi connectivity index (χ4v) is 11.9. The van der Waals surface area contributed by atoms with Gasteiger partial charge in [0.25, 0.3) is 0 Å². The maximum atomic E-state index is 2.51. The van der Waals surface area contributed by atoms with Crippen LogP contribution < -0.4 is 4.90 Å². The Bertz CT molecular complexity index is 2990. The highest BCUT2D eigenvalue weighted by Crippen LogP contribution is 2.60. The summed E-state index contributed by atoms with van der Waals surface area (Å²) in [7, 11) is 0. The standard InChI is InChI=1S/C68H63N/c1-44(2)48-22-30-52(31-23-48)67(53-32-24-49(25-33-53)45(3)4)63-20-14-12-18-59(63)61-40-38-57(42-65(61)67)69(56-16-10-9-11-17-56)58-39-41-62-60-19-13-15-21-64(60)68(66(62)43-58,54-34-26-50(27-35-54)46(5)6)55-36-28-51(29-37-55)47(7)8/h9-47H,1-8H3. The largest absolute Gasteiger partial charge is 0.310 e. The molecule has 0 radical (unpaired) electrons. The van der Waals surface area contributed by atoms with Gasteiger partial charge in [0.05, 0.1) is 10.8 Å². The molecule has 340 valence electrons. The van der Waals surface area contributed by atoms with Crippen molar-refractivity contribution in [1.29, 1.82) is 0 Å². The van der Waals surface area contributed by atoms with E-state index >= 15 is 0 Å². The van der Waals surface area contributed by atoms with E-state index in [1.54, 1.807) is 0 Å². The monoisotopic (exact) mass is 893 g/mol. The zero-order valence-corrected chi connectivity index (χ0v) is 41.5. The fraction of sp³-hybridized carbons (Fsp3) is 0.206. The Labute approximate surface area is 411 Å². The molecular formula is C68H63N. The van der Waals surface area contributed by atoms with Crippen LogP contribution in [0.15, 0.2) is 212 Å². The topological polar surface area (TPSA) is 3.24 Å². The van der Waals surface area contributed by atoms with Crippen molar-refractivity contribution in [3.8, 4) is 22.3 Å². The highest BCUT2D eigenvalue weighted by atomic mass is 15.1. The minimum atomic E-state index is -0.547. The predicted octanol–water partition coefficient (Wildman–Crippen LogP) is 18.4. The lowest BCUT2D eigenvalue weighted by molar-refractivity contribution is 0.761. The molecule has 0 spiro atoms. The molecule has 1 nitrogen and oxygen atoms in total. The van der Waals surface area contributed by atoms with E-state index < -0.39 is 10.8 Å². The molecule has 69 heavy (non-hydrogen) atoms. The minimum Gasteiger partial charge on any atom is -0.310 e. The lowest BCUT2D eigenvalue weighted by Crippen LogP contribution is -2.29. The number of fused-ring (bicyclic) bond motifs is 6. The molecule has 0 atom stereocenters. The van der Waals surface area contributed by atoms with Crippen molar-refractivity contribution in [2.75, 3.05) is 4.90 Å². The third-order valence-corrected chi connectivity index (χ3v) is 15.6. The molecule has 0 bridgehead atoms. The van der Waals surface area contributed by atoms with Gasteiger partial charge in [-0.25, -0.2) is 0 Å². The molecule has 2 aliphatic rings. The van der Waals surface area contributed by atoms with Crippen LogP contribution in [0.1, 0.15) is 146 Å². The van der Waals surface area contributed by atoms with E-state index in [0.29, 0.717) is 23.7 Å². The highest BCUT2D eigenvalue weighted by Gasteiger charge is 2.48. The lowest BCUT2D eigenvalue weighted by Gasteiger charge is -2.36. The first-order chi connectivity index (χ1) is 33.5. The first kappa shape index (κ1) is 44.3. The lowest BCUT2D eigenvalue weighted by atomic mass is 9.67. The number of anilines is 3. The maximum absolute atomic E-state index is 2.51. The molecule has 1 heteroatoms. The Morgan fingerprint density at radius 1 is 0.261 bits per heavy atom. The Morgan fingerprint density at radius 3 is 0.870 bits per heavy atom. The zero-order valence-electron chi connectivity index (χ0n) is 41.5. The van der Waals surface area contributed by atoms with Gasteiger partial charge in [-0.3, -0.25) is 0 Å². The van der Waals surface area contributed by atoms with Gasteiger partial charge in [-0.05, 0) is 149 Å². The van der Waals surface area contributed by atoms with E-state index in [1.165, 1.54) is 89.0 Å². The molecule has 0 saturated heterocycles. The highest BCUT2D eigenvalue weighted by molar-refractivity contribution is 5.92. The van der Waals surface area contributed by atoms with Crippen LogP contribution in [0, 0.1) is 0 Å². The summed E-state index contributed by atoms with van der Waals surface area (Å²) in [6.45, 7) is 18.3. The molecule has 0 saturated carbocycles. The molecular weight excluding hydrogens is 831 g/mol. The number of benzene rings is 9. The summed E-state index contributed by atoms with van der Waals surface area (Å²) in [6.07, 6.45) is 0. The second-order valence-electron chi connectivity index (χ2n) is 20.8. The SMILES string of the molecule is CC(C)c1ccc(C2(c3ccc(C(C)C)cc3)c3ccccc3-c3ccc(N(c4ccccc4)c4ccc5c(c4)C(c4ccc(C(C)C)cc4)(c4ccc(C(C)C)cc4)c4ccccc4-5)cc32)cc1. The average Bonchev–Trinajstić information content (AvgIpc) is 3.84. The van der Waals surface area contributed by atoms with Crippen LogP contribution in [-0.2, 0) is 10.8 Å². The smallest absolute Gasteiger partial charge is 0.0714 e. The minimum absolute atomic E-state index is 0.437. The number of para-hydroxylation sites is 1. The van der Waals surface area contributed by atoms with E-state index in [9.17, 15) is 0 Å². The molecule has 0 N–H and O–H groups in total. The molecule has 11 rings (SSSR count). The Kier molecular flexibility index (Phi) is 11.2. The van der Waals surface area contributed by atoms with Gasteiger partial charge in [-0.2, -0.15) is 0 Å². The van der Waals surface area contributed by atoms with Crippen LogP contribution in [0.3, 0.4) is 0 Å². The van der Waals surface area contributed by atoms with Gasteiger partial charge in [0.2, 0.25) is 0 Å². The normalized spacial score (nSPS) is 14.0. The van der Waals surface area contributed by atoms with Crippen LogP contribution >= 0.6 is 0 Å². The van der Waals surface area contributed by atoms with E-state index in [1.807, 2.05) is 0 Å². The van der Waals surface area contributed by atoms with Crippen molar-refractivity contribution in [1.82, 2.24) is 0 Å². The first-order valence-electron chi connectivity index (χ1n) is 25.3. The Morgan fingerprint density at radius 2 is 0.551 bits per heavy atom. The second-order valence-corrected chi connectivity index (χ2v) is 20.8. The summed E-state index contributed by atoms with van der Waals surface area (Å²) >= 11 is 0. The van der Waals surface area contributed by atoms with Crippen molar-refractivity contribution in [3.05, 3.63) is 279 Å². The maximum Gasteiger partial charge on any atom is 0.0714 e. The van der Waals surface area contributed by atoms with Gasteiger partial charge in [0.15, 0.2) is 0 Å². The average molecular weight is 894 g/mol. The summed E-state index contributed by atoms with van der Waals surface area (Å²) in [5, 5.41) is 0. The third kappa shape index (κ3) is 7.03. The summed E-state index contributed by atoms with van der Waals surface area (Å²) in [4.78, 5) is 2.50. The Balaban J connectivity index is 1.17.